The summed E-state index contributed by atoms with van der Waals surface area (Å²) in [5, 5.41) is 12.0. The van der Waals surface area contributed by atoms with Gasteiger partial charge < -0.3 is 15.3 Å². The SMILES string of the molecule is CN1CCC(c2ccc(C(=O)NC3CCC(CCC(=O)O)CC3)cc2)CC1. The van der Waals surface area contributed by atoms with Crippen LogP contribution in [0.4, 0.5) is 0 Å². The summed E-state index contributed by atoms with van der Waals surface area (Å²) in [6.45, 7) is 2.28. The van der Waals surface area contributed by atoms with E-state index in [-0.39, 0.29) is 18.4 Å². The molecule has 27 heavy (non-hydrogen) atoms. The molecule has 0 bridgehead atoms. The van der Waals surface area contributed by atoms with Gasteiger partial charge in [-0.1, -0.05) is 12.1 Å². The minimum absolute atomic E-state index is 0.0129. The fourth-order valence-electron chi connectivity index (χ4n) is 4.44. The van der Waals surface area contributed by atoms with Crippen LogP contribution < -0.4 is 5.32 Å². The first-order valence-electron chi connectivity index (χ1n) is 10.3. The highest BCUT2D eigenvalue weighted by Gasteiger charge is 2.23. The van der Waals surface area contributed by atoms with Crippen molar-refractivity contribution in [3.8, 4) is 0 Å². The largest absolute Gasteiger partial charge is 0.481 e. The summed E-state index contributed by atoms with van der Waals surface area (Å²) in [7, 11) is 2.17. The van der Waals surface area contributed by atoms with Crippen molar-refractivity contribution >= 4 is 11.9 Å². The van der Waals surface area contributed by atoms with E-state index in [2.05, 4.69) is 29.4 Å². The second kappa shape index (κ2) is 9.36. The van der Waals surface area contributed by atoms with E-state index < -0.39 is 5.97 Å². The maximum absolute atomic E-state index is 12.5. The highest BCUT2D eigenvalue weighted by Crippen LogP contribution is 2.29. The fraction of sp³-hybridized carbons (Fsp3) is 0.636. The Morgan fingerprint density at radius 1 is 1.04 bits per heavy atom. The van der Waals surface area contributed by atoms with Gasteiger partial charge in [0.05, 0.1) is 0 Å². The molecule has 0 radical (unpaired) electrons. The number of carbonyl (C=O) groups is 2. The predicted molar refractivity (Wildman–Crippen MR) is 106 cm³/mol. The van der Waals surface area contributed by atoms with Gasteiger partial charge in [-0.05, 0) is 94.6 Å². The van der Waals surface area contributed by atoms with E-state index in [0.717, 1.165) is 50.8 Å². The van der Waals surface area contributed by atoms with Gasteiger partial charge in [0, 0.05) is 18.0 Å². The maximum Gasteiger partial charge on any atom is 0.303 e. The van der Waals surface area contributed by atoms with Crippen molar-refractivity contribution < 1.29 is 14.7 Å². The van der Waals surface area contributed by atoms with E-state index in [4.69, 9.17) is 5.11 Å². The molecule has 0 unspecified atom stereocenters. The van der Waals surface area contributed by atoms with Crippen LogP contribution in [-0.2, 0) is 4.79 Å². The number of rotatable bonds is 6. The van der Waals surface area contributed by atoms with Crippen LogP contribution in [-0.4, -0.2) is 48.1 Å². The third-order valence-electron chi connectivity index (χ3n) is 6.31. The average molecular weight is 373 g/mol. The molecule has 2 fully saturated rings. The van der Waals surface area contributed by atoms with Crippen molar-refractivity contribution in [3.63, 3.8) is 0 Å². The third kappa shape index (κ3) is 5.80. The van der Waals surface area contributed by atoms with Crippen LogP contribution in [0.5, 0.6) is 0 Å². The first-order valence-corrected chi connectivity index (χ1v) is 10.3. The van der Waals surface area contributed by atoms with E-state index in [9.17, 15) is 9.59 Å². The molecule has 0 atom stereocenters. The summed E-state index contributed by atoms with van der Waals surface area (Å²) in [4.78, 5) is 25.6. The molecule has 1 saturated carbocycles. The van der Waals surface area contributed by atoms with E-state index >= 15 is 0 Å². The van der Waals surface area contributed by atoms with Crippen molar-refractivity contribution in [3.05, 3.63) is 35.4 Å². The van der Waals surface area contributed by atoms with Crippen LogP contribution in [0.3, 0.4) is 0 Å². The zero-order valence-electron chi connectivity index (χ0n) is 16.3. The van der Waals surface area contributed by atoms with Gasteiger partial charge in [0.15, 0.2) is 0 Å². The topological polar surface area (TPSA) is 69.6 Å². The summed E-state index contributed by atoms with van der Waals surface area (Å²) < 4.78 is 0. The summed E-state index contributed by atoms with van der Waals surface area (Å²) in [5.74, 6) is 0.399. The Balaban J connectivity index is 1.45. The number of carbonyl (C=O) groups excluding carboxylic acids is 1. The van der Waals surface area contributed by atoms with Gasteiger partial charge in [-0.15, -0.1) is 0 Å². The molecule has 2 N–H and O–H groups in total. The Kier molecular flexibility index (Phi) is 6.89. The van der Waals surface area contributed by atoms with E-state index in [1.165, 1.54) is 18.4 Å². The van der Waals surface area contributed by atoms with E-state index in [1.54, 1.807) is 0 Å². The number of carboxylic acid groups (broad SMARTS) is 1. The number of piperidine rings is 1. The van der Waals surface area contributed by atoms with Crippen molar-refractivity contribution in [2.45, 2.75) is 63.3 Å². The van der Waals surface area contributed by atoms with Gasteiger partial charge in [0.2, 0.25) is 0 Å². The molecular formula is C22H32N2O3. The number of nitrogens with one attached hydrogen (secondary N) is 1. The molecule has 1 heterocycles. The first-order chi connectivity index (χ1) is 13.0. The Morgan fingerprint density at radius 3 is 2.26 bits per heavy atom. The molecule has 1 aromatic carbocycles. The molecule has 3 rings (SSSR count). The Labute approximate surface area is 162 Å². The number of aliphatic carboxylic acids is 1. The standard InChI is InChI=1S/C22H32N2O3/c1-24-14-12-18(13-15-24)17-5-7-19(8-6-17)22(27)23-20-9-2-16(3-10-20)4-11-21(25)26/h5-8,16,18,20H,2-4,9-15H2,1H3,(H,23,27)(H,25,26). The number of amides is 1. The van der Waals surface area contributed by atoms with Crippen molar-refractivity contribution in [2.24, 2.45) is 5.92 Å². The van der Waals surface area contributed by atoms with Crippen LogP contribution in [0, 0.1) is 5.92 Å². The zero-order chi connectivity index (χ0) is 19.2. The summed E-state index contributed by atoms with van der Waals surface area (Å²) in [6.07, 6.45) is 7.30. The van der Waals surface area contributed by atoms with Crippen molar-refractivity contribution in [2.75, 3.05) is 20.1 Å². The number of carboxylic acids is 1. The van der Waals surface area contributed by atoms with Gasteiger partial charge in [-0.3, -0.25) is 9.59 Å². The van der Waals surface area contributed by atoms with Gasteiger partial charge in [-0.2, -0.15) is 0 Å². The lowest BCUT2D eigenvalue weighted by Crippen LogP contribution is -2.37. The molecule has 1 aliphatic carbocycles. The highest BCUT2D eigenvalue weighted by molar-refractivity contribution is 5.94. The predicted octanol–water partition coefficient (Wildman–Crippen LogP) is 3.65. The highest BCUT2D eigenvalue weighted by atomic mass is 16.4. The van der Waals surface area contributed by atoms with Gasteiger partial charge in [-0.25, -0.2) is 0 Å². The number of hydrogen-bond donors (Lipinski definition) is 2. The normalized spacial score (nSPS) is 24.5. The number of benzene rings is 1. The second-order valence-electron chi connectivity index (χ2n) is 8.32. The Hall–Kier alpha value is -1.88. The quantitative estimate of drug-likeness (QED) is 0.800. The molecule has 2 aliphatic rings. The fourth-order valence-corrected chi connectivity index (χ4v) is 4.44. The van der Waals surface area contributed by atoms with Crippen molar-refractivity contribution in [1.82, 2.24) is 10.2 Å². The molecule has 0 aromatic heterocycles. The van der Waals surface area contributed by atoms with Gasteiger partial charge in [0.1, 0.15) is 0 Å². The van der Waals surface area contributed by atoms with Crippen molar-refractivity contribution in [1.29, 1.82) is 0 Å². The van der Waals surface area contributed by atoms with Crippen LogP contribution >= 0.6 is 0 Å². The second-order valence-corrected chi connectivity index (χ2v) is 8.32. The number of nitrogens with zero attached hydrogens (tertiary/aromatic N) is 1. The smallest absolute Gasteiger partial charge is 0.303 e. The maximum atomic E-state index is 12.5. The molecular weight excluding hydrogens is 340 g/mol. The van der Waals surface area contributed by atoms with Crippen LogP contribution in [0.15, 0.2) is 24.3 Å². The van der Waals surface area contributed by atoms with Gasteiger partial charge in [0.25, 0.3) is 5.91 Å². The van der Waals surface area contributed by atoms with Crippen LogP contribution in [0.25, 0.3) is 0 Å². The summed E-state index contributed by atoms with van der Waals surface area (Å²) >= 11 is 0. The molecule has 1 amide bonds. The zero-order valence-corrected chi connectivity index (χ0v) is 16.3. The molecule has 5 heteroatoms. The monoisotopic (exact) mass is 372 g/mol. The third-order valence-corrected chi connectivity index (χ3v) is 6.31. The number of likely N-dealkylation sites (tertiary alicyclic amines) is 1. The van der Waals surface area contributed by atoms with E-state index in [1.807, 2.05) is 12.1 Å². The van der Waals surface area contributed by atoms with Crippen LogP contribution in [0.1, 0.15) is 73.2 Å². The molecule has 0 spiro atoms. The van der Waals surface area contributed by atoms with E-state index in [0.29, 0.717) is 11.8 Å². The molecule has 1 aliphatic heterocycles. The van der Waals surface area contributed by atoms with Crippen LogP contribution in [0.2, 0.25) is 0 Å². The average Bonchev–Trinajstić information content (AvgIpc) is 2.68. The summed E-state index contributed by atoms with van der Waals surface area (Å²) in [6, 6.07) is 8.37. The first kappa shape index (κ1) is 19.9. The minimum Gasteiger partial charge on any atom is -0.481 e. The van der Waals surface area contributed by atoms with Gasteiger partial charge >= 0.3 is 5.97 Å². The minimum atomic E-state index is -0.714. The summed E-state index contributed by atoms with van der Waals surface area (Å²) in [5.41, 5.74) is 2.08. The number of hydrogen-bond acceptors (Lipinski definition) is 3. The Bertz CT molecular complexity index is 627. The lowest BCUT2D eigenvalue weighted by Gasteiger charge is -2.29. The lowest BCUT2D eigenvalue weighted by atomic mass is 9.83. The molecule has 5 nitrogen and oxygen atoms in total. The lowest BCUT2D eigenvalue weighted by molar-refractivity contribution is -0.137. The molecule has 1 aromatic rings. The molecule has 148 valence electrons. The molecule has 1 saturated heterocycles. The Morgan fingerprint density at radius 2 is 1.67 bits per heavy atom.